The summed E-state index contributed by atoms with van der Waals surface area (Å²) < 4.78 is 22.1. The Morgan fingerprint density at radius 1 is 0.898 bits per heavy atom. The Kier molecular flexibility index (Phi) is 9.32. The quantitative estimate of drug-likeness (QED) is 0.184. The van der Waals surface area contributed by atoms with Gasteiger partial charge in [-0.25, -0.2) is 14.0 Å². The monoisotopic (exact) mass is 662 g/mol. The second kappa shape index (κ2) is 14.1. The summed E-state index contributed by atoms with van der Waals surface area (Å²) >= 11 is 0. The van der Waals surface area contributed by atoms with Crippen LogP contribution in [0.25, 0.3) is 11.8 Å². The van der Waals surface area contributed by atoms with Crippen LogP contribution in [-0.2, 0) is 21.8 Å². The summed E-state index contributed by atoms with van der Waals surface area (Å²) in [7, 11) is 0. The van der Waals surface area contributed by atoms with Crippen LogP contribution in [0.1, 0.15) is 37.4 Å². The molecule has 2 fully saturated rings. The van der Waals surface area contributed by atoms with Crippen molar-refractivity contribution in [2.45, 2.75) is 44.7 Å². The third kappa shape index (κ3) is 6.87. The normalized spacial score (nSPS) is 20.0. The van der Waals surface area contributed by atoms with Crippen LogP contribution in [0.3, 0.4) is 0 Å². The van der Waals surface area contributed by atoms with Crippen molar-refractivity contribution in [1.29, 1.82) is 0 Å². The number of nitrogens with zero attached hydrogens (tertiary/aromatic N) is 8. The van der Waals surface area contributed by atoms with Crippen LogP contribution in [0.5, 0.6) is 5.75 Å². The summed E-state index contributed by atoms with van der Waals surface area (Å²) in [6, 6.07) is 24.4. The predicted octanol–water partition coefficient (Wildman–Crippen LogP) is 4.91. The van der Waals surface area contributed by atoms with Crippen molar-refractivity contribution < 1.29 is 14.2 Å². The topological polar surface area (TPSA) is 105 Å². The van der Waals surface area contributed by atoms with Crippen LogP contribution in [0, 0.1) is 0 Å². The van der Waals surface area contributed by atoms with E-state index < -0.39 is 5.79 Å². The molecule has 0 N–H and O–H groups in total. The average Bonchev–Trinajstić information content (AvgIpc) is 3.92. The fourth-order valence-electron chi connectivity index (χ4n) is 6.31. The summed E-state index contributed by atoms with van der Waals surface area (Å²) in [5, 5.41) is 12.8. The highest BCUT2D eigenvalue weighted by Crippen LogP contribution is 2.36. The van der Waals surface area contributed by atoms with Crippen molar-refractivity contribution in [3.63, 3.8) is 0 Å². The maximum atomic E-state index is 12.8. The van der Waals surface area contributed by atoms with Gasteiger partial charge in [0.05, 0.1) is 30.7 Å². The van der Waals surface area contributed by atoms with Gasteiger partial charge in [0.15, 0.2) is 0 Å². The Balaban J connectivity index is 0.919. The first-order chi connectivity index (χ1) is 23.9. The fraction of sp³-hybridized carbons (Fsp3) is 0.351. The molecule has 0 aliphatic carbocycles. The van der Waals surface area contributed by atoms with Gasteiger partial charge in [0.2, 0.25) is 5.79 Å². The van der Waals surface area contributed by atoms with Crippen molar-refractivity contribution in [3.05, 3.63) is 120 Å². The third-order valence-electron chi connectivity index (χ3n) is 9.37. The Morgan fingerprint density at radius 2 is 1.51 bits per heavy atom. The number of benzene rings is 3. The van der Waals surface area contributed by atoms with Gasteiger partial charge in [-0.15, -0.1) is 0 Å². The number of piperazine rings is 1. The number of hydrogen-bond donors (Lipinski definition) is 0. The molecule has 2 aliphatic rings. The van der Waals surface area contributed by atoms with Crippen molar-refractivity contribution in [1.82, 2.24) is 29.3 Å². The van der Waals surface area contributed by atoms with Gasteiger partial charge in [0.1, 0.15) is 31.3 Å². The number of hydrogen-bond acceptors (Lipinski definition) is 9. The van der Waals surface area contributed by atoms with Gasteiger partial charge in [0, 0.05) is 43.1 Å². The zero-order valence-corrected chi connectivity index (χ0v) is 28.0. The fourth-order valence-corrected chi connectivity index (χ4v) is 6.31. The summed E-state index contributed by atoms with van der Waals surface area (Å²) in [5.74, 6) is -0.237. The van der Waals surface area contributed by atoms with Crippen LogP contribution in [0.2, 0.25) is 0 Å². The molecular weight excluding hydrogens is 620 g/mol. The van der Waals surface area contributed by atoms with Gasteiger partial charge in [-0.3, -0.25) is 0 Å². The second-order valence-corrected chi connectivity index (χ2v) is 12.5. The molecule has 0 amide bonds. The molecule has 0 radical (unpaired) electrons. The highest BCUT2D eigenvalue weighted by Gasteiger charge is 2.44. The van der Waals surface area contributed by atoms with Crippen LogP contribution in [0.4, 0.5) is 11.4 Å². The molecule has 12 nitrogen and oxygen atoms in total. The molecule has 5 aromatic rings. The number of aromatic nitrogens is 6. The van der Waals surface area contributed by atoms with Gasteiger partial charge in [-0.05, 0) is 67.4 Å². The molecule has 0 saturated carbocycles. The highest BCUT2D eigenvalue weighted by atomic mass is 16.8. The lowest BCUT2D eigenvalue weighted by molar-refractivity contribution is -0.192. The predicted molar refractivity (Wildman–Crippen MR) is 188 cm³/mol. The van der Waals surface area contributed by atoms with Gasteiger partial charge < -0.3 is 24.0 Å². The average molecular weight is 663 g/mol. The molecule has 3 aromatic carbocycles. The Labute approximate surface area is 285 Å². The zero-order chi connectivity index (χ0) is 33.8. The molecule has 0 spiro atoms. The molecule has 2 aliphatic heterocycles. The lowest BCUT2D eigenvalue weighted by atomic mass is 10.0. The largest absolute Gasteiger partial charge is 0.491 e. The molecule has 3 atom stereocenters. The maximum Gasteiger partial charge on any atom is 0.350 e. The number of anilines is 2. The molecule has 2 aromatic heterocycles. The molecule has 254 valence electrons. The summed E-state index contributed by atoms with van der Waals surface area (Å²) in [5.41, 5.74) is 4.93. The number of rotatable bonds is 12. The number of ether oxygens (including phenoxy) is 3. The Hall–Kier alpha value is -5.20. The van der Waals surface area contributed by atoms with Gasteiger partial charge in [-0.1, -0.05) is 43.8 Å². The minimum absolute atomic E-state index is 0.0694. The highest BCUT2D eigenvalue weighted by molar-refractivity contribution is 5.55. The molecule has 49 heavy (non-hydrogen) atoms. The van der Waals surface area contributed by atoms with E-state index in [2.05, 4.69) is 62.9 Å². The van der Waals surface area contributed by atoms with Crippen molar-refractivity contribution in [2.24, 2.45) is 0 Å². The Morgan fingerprint density at radius 3 is 2.12 bits per heavy atom. The van der Waals surface area contributed by atoms with Gasteiger partial charge in [-0.2, -0.15) is 20.1 Å². The molecule has 4 heterocycles. The standard InChI is InChI=1S/C37H42N8O4/c1-4-28(3)45-36(46)43(27-40-45)33-12-10-31(11-13-33)41-20-22-42(23-21-41)32-14-16-34(17-15-32)47-24-35-25-48-37(49-35,26-44-38-18-19-39-44)30-8-6-29(5-2)7-9-30/h5-19,27-28,35H,2,4,20-26H2,1,3H3. The van der Waals surface area contributed by atoms with E-state index in [0.717, 1.165) is 66.5 Å². The lowest BCUT2D eigenvalue weighted by Gasteiger charge is -2.37. The SMILES string of the molecule is C=Cc1ccc(C2(Cn3nccn3)OCC(COc3ccc(N4CCN(c5ccc(-n6cnn(C(C)CC)c6=O)cc5)CC4)cc3)O2)cc1. The van der Waals surface area contributed by atoms with Gasteiger partial charge >= 0.3 is 5.69 Å². The van der Waals surface area contributed by atoms with E-state index in [9.17, 15) is 4.79 Å². The van der Waals surface area contributed by atoms with E-state index in [4.69, 9.17) is 14.2 Å². The van der Waals surface area contributed by atoms with Crippen molar-refractivity contribution in [2.75, 3.05) is 49.2 Å². The third-order valence-corrected chi connectivity index (χ3v) is 9.37. The van der Waals surface area contributed by atoms with E-state index in [-0.39, 0.29) is 17.8 Å². The Bertz CT molecular complexity index is 1880. The van der Waals surface area contributed by atoms with E-state index in [1.807, 2.05) is 61.5 Å². The van der Waals surface area contributed by atoms with Crippen molar-refractivity contribution >= 4 is 17.5 Å². The lowest BCUT2D eigenvalue weighted by Crippen LogP contribution is -2.46. The molecular formula is C37H42N8O4. The van der Waals surface area contributed by atoms with Crippen LogP contribution < -0.4 is 20.2 Å². The van der Waals surface area contributed by atoms with Gasteiger partial charge in [0.25, 0.3) is 0 Å². The van der Waals surface area contributed by atoms with E-state index in [1.165, 1.54) is 0 Å². The smallest absolute Gasteiger partial charge is 0.350 e. The molecule has 3 unspecified atom stereocenters. The first-order valence-corrected chi connectivity index (χ1v) is 16.8. The first kappa shape index (κ1) is 32.4. The summed E-state index contributed by atoms with van der Waals surface area (Å²) in [6.45, 7) is 12.6. The van der Waals surface area contributed by atoms with Crippen LogP contribution >= 0.6 is 0 Å². The van der Waals surface area contributed by atoms with Crippen LogP contribution in [0.15, 0.2) is 103 Å². The van der Waals surface area contributed by atoms with E-state index in [0.29, 0.717) is 19.8 Å². The van der Waals surface area contributed by atoms with E-state index in [1.54, 1.807) is 32.8 Å². The zero-order valence-electron chi connectivity index (χ0n) is 28.0. The summed E-state index contributed by atoms with van der Waals surface area (Å²) in [4.78, 5) is 19.1. The molecule has 0 bridgehead atoms. The second-order valence-electron chi connectivity index (χ2n) is 12.5. The molecule has 2 saturated heterocycles. The van der Waals surface area contributed by atoms with Crippen LogP contribution in [-0.4, -0.2) is 74.8 Å². The first-order valence-electron chi connectivity index (χ1n) is 16.8. The molecule has 12 heteroatoms. The molecule has 7 rings (SSSR count). The minimum Gasteiger partial charge on any atom is -0.491 e. The maximum absolute atomic E-state index is 12.8. The minimum atomic E-state index is -1.02. The summed E-state index contributed by atoms with van der Waals surface area (Å²) in [6.07, 6.45) is 7.29. The van der Waals surface area contributed by atoms with Crippen molar-refractivity contribution in [3.8, 4) is 11.4 Å². The van der Waals surface area contributed by atoms with E-state index >= 15 is 0 Å².